The number of aromatic nitrogens is 3. The summed E-state index contributed by atoms with van der Waals surface area (Å²) in [5.41, 5.74) is -0.273. The van der Waals surface area contributed by atoms with Gasteiger partial charge in [0.15, 0.2) is 5.16 Å². The third kappa shape index (κ3) is 2.95. The van der Waals surface area contributed by atoms with Crippen LogP contribution >= 0.6 is 11.8 Å². The fourth-order valence-electron chi connectivity index (χ4n) is 1.92. The molecule has 1 aliphatic rings. The molecule has 1 aliphatic carbocycles. The van der Waals surface area contributed by atoms with Crippen molar-refractivity contribution >= 4 is 17.7 Å². The number of thioether (sulfide) groups is 1. The van der Waals surface area contributed by atoms with Gasteiger partial charge in [0.2, 0.25) is 0 Å². The molecule has 1 saturated carbocycles. The topological polar surface area (TPSA) is 88.0 Å². The molecule has 6 nitrogen and oxygen atoms in total. The predicted molar refractivity (Wildman–Crippen MR) is 67.8 cm³/mol. The van der Waals surface area contributed by atoms with E-state index in [-0.39, 0.29) is 17.5 Å². The fourth-order valence-corrected chi connectivity index (χ4v) is 3.19. The van der Waals surface area contributed by atoms with Crippen LogP contribution in [-0.4, -0.2) is 31.6 Å². The third-order valence-corrected chi connectivity index (χ3v) is 4.49. The maximum atomic E-state index is 11.5. The third-order valence-electron chi connectivity index (χ3n) is 3.16. The maximum absolute atomic E-state index is 11.5. The summed E-state index contributed by atoms with van der Waals surface area (Å²) in [6, 6.07) is 0. The summed E-state index contributed by atoms with van der Waals surface area (Å²) < 4.78 is 1.61. The van der Waals surface area contributed by atoms with Gasteiger partial charge in [-0.15, -0.1) is 5.10 Å². The van der Waals surface area contributed by atoms with Crippen LogP contribution in [0.5, 0.6) is 0 Å². The van der Waals surface area contributed by atoms with Crippen molar-refractivity contribution in [2.24, 2.45) is 5.41 Å². The van der Waals surface area contributed by atoms with Crippen LogP contribution in [0.2, 0.25) is 0 Å². The molecule has 1 aromatic rings. The highest BCUT2D eigenvalue weighted by atomic mass is 32.2. The minimum atomic E-state index is -0.749. The van der Waals surface area contributed by atoms with E-state index in [9.17, 15) is 9.59 Å². The molecule has 1 fully saturated rings. The Balaban J connectivity index is 1.98. The number of hydrogen-bond donors (Lipinski definition) is 2. The molecule has 100 valence electrons. The fraction of sp³-hybridized carbons (Fsp3) is 0.727. The molecular formula is C11H17N3O3S. The Kier molecular flexibility index (Phi) is 3.79. The number of carbonyl (C=O) groups is 1. The van der Waals surface area contributed by atoms with Crippen LogP contribution in [-0.2, 0) is 11.3 Å². The molecule has 7 heteroatoms. The molecular weight excluding hydrogens is 254 g/mol. The molecule has 0 amide bonds. The Morgan fingerprint density at radius 1 is 1.61 bits per heavy atom. The van der Waals surface area contributed by atoms with Crippen LogP contribution in [0.4, 0.5) is 0 Å². The molecule has 2 rings (SSSR count). The maximum Gasteiger partial charge on any atom is 0.343 e. The molecule has 18 heavy (non-hydrogen) atoms. The quantitative estimate of drug-likeness (QED) is 0.730. The van der Waals surface area contributed by atoms with Crippen LogP contribution in [0.3, 0.4) is 0 Å². The van der Waals surface area contributed by atoms with Crippen LogP contribution in [0.25, 0.3) is 0 Å². The lowest BCUT2D eigenvalue weighted by Crippen LogP contribution is -2.18. The summed E-state index contributed by atoms with van der Waals surface area (Å²) in [5, 5.41) is 15.9. The second-order valence-electron chi connectivity index (χ2n) is 4.82. The van der Waals surface area contributed by atoms with Gasteiger partial charge in [-0.1, -0.05) is 18.7 Å². The van der Waals surface area contributed by atoms with Crippen LogP contribution in [0, 0.1) is 5.41 Å². The number of hydrogen-bond acceptors (Lipinski definition) is 4. The van der Waals surface area contributed by atoms with Gasteiger partial charge in [-0.05, 0) is 24.7 Å². The summed E-state index contributed by atoms with van der Waals surface area (Å²) in [4.78, 5) is 22.2. The smallest absolute Gasteiger partial charge is 0.343 e. The molecule has 2 N–H and O–H groups in total. The standard InChI is InChI=1S/C11H17N3O3S/c1-2-5-14-9(17)12-13-10(14)18-7-11(3-4-11)6-8(15)16/h2-7H2,1H3,(H,12,17)(H,15,16). The first kappa shape index (κ1) is 13.2. The summed E-state index contributed by atoms with van der Waals surface area (Å²) >= 11 is 1.48. The Morgan fingerprint density at radius 2 is 2.33 bits per heavy atom. The summed E-state index contributed by atoms with van der Waals surface area (Å²) in [5.74, 6) is -0.0334. The van der Waals surface area contributed by atoms with Gasteiger partial charge >= 0.3 is 11.7 Å². The first-order valence-electron chi connectivity index (χ1n) is 6.06. The molecule has 1 aromatic heterocycles. The molecule has 0 spiro atoms. The highest BCUT2D eigenvalue weighted by Crippen LogP contribution is 2.51. The number of nitrogens with one attached hydrogen (secondary N) is 1. The van der Waals surface area contributed by atoms with E-state index in [0.29, 0.717) is 17.5 Å². The average Bonchev–Trinajstić information content (AvgIpc) is 2.97. The minimum absolute atomic E-state index is 0.0808. The molecule has 0 bridgehead atoms. The van der Waals surface area contributed by atoms with Gasteiger partial charge in [0.1, 0.15) is 0 Å². The molecule has 0 atom stereocenters. The lowest BCUT2D eigenvalue weighted by atomic mass is 10.1. The summed E-state index contributed by atoms with van der Waals surface area (Å²) in [6.07, 6.45) is 2.99. The van der Waals surface area contributed by atoms with Crippen molar-refractivity contribution in [2.75, 3.05) is 5.75 Å². The number of nitrogens with zero attached hydrogens (tertiary/aromatic N) is 2. The highest BCUT2D eigenvalue weighted by molar-refractivity contribution is 7.99. The molecule has 0 aromatic carbocycles. The normalized spacial score (nSPS) is 16.7. The molecule has 0 unspecified atom stereocenters. The van der Waals surface area contributed by atoms with E-state index < -0.39 is 5.97 Å². The zero-order valence-electron chi connectivity index (χ0n) is 10.3. The largest absolute Gasteiger partial charge is 0.481 e. The van der Waals surface area contributed by atoms with Gasteiger partial charge in [-0.3, -0.25) is 9.36 Å². The van der Waals surface area contributed by atoms with Gasteiger partial charge in [0, 0.05) is 12.3 Å². The number of carboxylic acids is 1. The average molecular weight is 271 g/mol. The summed E-state index contributed by atoms with van der Waals surface area (Å²) in [6.45, 7) is 2.64. The van der Waals surface area contributed by atoms with Crippen molar-refractivity contribution in [2.45, 2.75) is 44.3 Å². The molecule has 0 aliphatic heterocycles. The van der Waals surface area contributed by atoms with Crippen molar-refractivity contribution < 1.29 is 9.90 Å². The Labute approximate surface area is 109 Å². The van der Waals surface area contributed by atoms with E-state index in [2.05, 4.69) is 10.2 Å². The van der Waals surface area contributed by atoms with Crippen molar-refractivity contribution in [3.63, 3.8) is 0 Å². The molecule has 0 saturated heterocycles. The lowest BCUT2D eigenvalue weighted by Gasteiger charge is -2.11. The van der Waals surface area contributed by atoms with E-state index in [1.54, 1.807) is 4.57 Å². The van der Waals surface area contributed by atoms with E-state index in [0.717, 1.165) is 19.3 Å². The second-order valence-corrected chi connectivity index (χ2v) is 5.76. The molecule has 0 radical (unpaired) electrons. The SMILES string of the molecule is CCCn1c(SCC2(CC(=O)O)CC2)n[nH]c1=O. The first-order valence-corrected chi connectivity index (χ1v) is 7.05. The van der Waals surface area contributed by atoms with E-state index in [4.69, 9.17) is 5.11 Å². The van der Waals surface area contributed by atoms with Crippen LogP contribution in [0.15, 0.2) is 9.95 Å². The lowest BCUT2D eigenvalue weighted by molar-refractivity contribution is -0.138. The monoisotopic (exact) mass is 271 g/mol. The number of rotatable bonds is 7. The van der Waals surface area contributed by atoms with Crippen LogP contribution in [0.1, 0.15) is 32.6 Å². The highest BCUT2D eigenvalue weighted by Gasteiger charge is 2.44. The van der Waals surface area contributed by atoms with Crippen molar-refractivity contribution in [3.8, 4) is 0 Å². The Morgan fingerprint density at radius 3 is 2.89 bits per heavy atom. The number of aliphatic carboxylic acids is 1. The minimum Gasteiger partial charge on any atom is -0.481 e. The van der Waals surface area contributed by atoms with Gasteiger partial charge in [-0.2, -0.15) is 0 Å². The zero-order valence-corrected chi connectivity index (χ0v) is 11.1. The van der Waals surface area contributed by atoms with E-state index >= 15 is 0 Å². The first-order chi connectivity index (χ1) is 8.56. The van der Waals surface area contributed by atoms with Gasteiger partial charge in [-0.25, -0.2) is 9.89 Å². The van der Waals surface area contributed by atoms with Crippen LogP contribution < -0.4 is 5.69 Å². The Hall–Kier alpha value is -1.24. The predicted octanol–water partition coefficient (Wildman–Crippen LogP) is 1.33. The number of aromatic amines is 1. The number of carboxylic acid groups (broad SMARTS) is 1. The number of H-pyrrole nitrogens is 1. The van der Waals surface area contributed by atoms with Gasteiger partial charge < -0.3 is 5.11 Å². The zero-order chi connectivity index (χ0) is 13.2. The van der Waals surface area contributed by atoms with Crippen molar-refractivity contribution in [1.29, 1.82) is 0 Å². The Bertz CT molecular complexity index is 490. The van der Waals surface area contributed by atoms with Gasteiger partial charge in [0.25, 0.3) is 0 Å². The van der Waals surface area contributed by atoms with Gasteiger partial charge in [0.05, 0.1) is 6.42 Å². The van der Waals surface area contributed by atoms with Crippen molar-refractivity contribution in [1.82, 2.24) is 14.8 Å². The van der Waals surface area contributed by atoms with E-state index in [1.807, 2.05) is 6.92 Å². The summed E-state index contributed by atoms with van der Waals surface area (Å²) in [7, 11) is 0. The molecule has 1 heterocycles. The van der Waals surface area contributed by atoms with E-state index in [1.165, 1.54) is 11.8 Å². The van der Waals surface area contributed by atoms with Crippen molar-refractivity contribution in [3.05, 3.63) is 10.5 Å². The second kappa shape index (κ2) is 5.17.